The van der Waals surface area contributed by atoms with Crippen molar-refractivity contribution in [3.05, 3.63) is 95.8 Å². The molecule has 3 saturated heterocycles. The predicted octanol–water partition coefficient (Wildman–Crippen LogP) is 6.96. The summed E-state index contributed by atoms with van der Waals surface area (Å²) in [6.07, 6.45) is 7.76. The highest BCUT2D eigenvalue weighted by Crippen LogP contribution is 2.34. The molecule has 9 rings (SSSR count). The van der Waals surface area contributed by atoms with Crippen LogP contribution in [0.1, 0.15) is 82.5 Å². The Morgan fingerprint density at radius 1 is 0.873 bits per heavy atom. The summed E-state index contributed by atoms with van der Waals surface area (Å²) in [5, 5.41) is 18.2. The molecule has 15 nitrogen and oxygen atoms in total. The van der Waals surface area contributed by atoms with Crippen LogP contribution in [0.25, 0.3) is 27.9 Å². The Morgan fingerprint density at radius 3 is 2.22 bits per heavy atom. The van der Waals surface area contributed by atoms with E-state index in [2.05, 4.69) is 108 Å². The van der Waals surface area contributed by atoms with Crippen LogP contribution >= 0.6 is 0 Å². The van der Waals surface area contributed by atoms with Crippen LogP contribution in [0.2, 0.25) is 0 Å². The second kappa shape index (κ2) is 17.4. The quantitative estimate of drug-likeness (QED) is 0.133. The number of aromatic nitrogens is 5. The molecule has 1 aliphatic carbocycles. The summed E-state index contributed by atoms with van der Waals surface area (Å²) in [6, 6.07) is 20.6. The number of carbonyl (C=O) groups excluding carboxylic acids is 3. The highest BCUT2D eigenvalue weighted by Gasteiger charge is 2.30. The van der Waals surface area contributed by atoms with E-state index in [9.17, 15) is 14.4 Å². The lowest BCUT2D eigenvalue weighted by molar-refractivity contribution is -0.120. The van der Waals surface area contributed by atoms with Gasteiger partial charge >= 0.3 is 6.03 Å². The first-order valence-electron chi connectivity index (χ1n) is 22.3. The van der Waals surface area contributed by atoms with Gasteiger partial charge < -0.3 is 19.6 Å². The van der Waals surface area contributed by atoms with E-state index in [0.29, 0.717) is 24.8 Å². The zero-order chi connectivity index (χ0) is 43.8. The van der Waals surface area contributed by atoms with Crippen LogP contribution in [-0.4, -0.2) is 106 Å². The maximum absolute atomic E-state index is 12.9. The van der Waals surface area contributed by atoms with Gasteiger partial charge in [0.1, 0.15) is 5.69 Å². The molecule has 1 unspecified atom stereocenters. The molecule has 15 heteroatoms. The first-order valence-corrected chi connectivity index (χ1v) is 22.3. The highest BCUT2D eigenvalue weighted by atomic mass is 16.5. The molecule has 2 atom stereocenters. The highest BCUT2D eigenvalue weighted by molar-refractivity contribution is 6.05. The van der Waals surface area contributed by atoms with Crippen molar-refractivity contribution in [3.63, 3.8) is 0 Å². The van der Waals surface area contributed by atoms with E-state index in [-0.39, 0.29) is 41.0 Å². The Labute approximate surface area is 368 Å². The molecule has 2 aromatic carbocycles. The summed E-state index contributed by atoms with van der Waals surface area (Å²) in [6.45, 7) is 17.7. The van der Waals surface area contributed by atoms with Crippen LogP contribution < -0.4 is 25.3 Å². The third-order valence-electron chi connectivity index (χ3n) is 13.1. The molecular weight excluding hydrogens is 795 g/mol. The molecule has 3 fully saturated rings. The van der Waals surface area contributed by atoms with Crippen molar-refractivity contribution < 1.29 is 18.9 Å². The zero-order valence-corrected chi connectivity index (χ0v) is 36.9. The number of piperidine rings is 1. The Kier molecular flexibility index (Phi) is 11.6. The first kappa shape index (κ1) is 42.0. The van der Waals surface area contributed by atoms with Gasteiger partial charge in [-0.3, -0.25) is 29.8 Å². The Hall–Kier alpha value is -6.35. The lowest BCUT2D eigenvalue weighted by atomic mass is 9.83. The van der Waals surface area contributed by atoms with Crippen molar-refractivity contribution in [2.75, 3.05) is 67.1 Å². The van der Waals surface area contributed by atoms with Gasteiger partial charge in [-0.2, -0.15) is 10.1 Å². The third-order valence-corrected chi connectivity index (χ3v) is 13.1. The number of urea groups is 1. The van der Waals surface area contributed by atoms with Crippen LogP contribution in [0.15, 0.2) is 82.9 Å². The normalized spacial score (nSPS) is 19.8. The molecule has 0 radical (unpaired) electrons. The van der Waals surface area contributed by atoms with Crippen LogP contribution in [0.5, 0.6) is 0 Å². The van der Waals surface area contributed by atoms with Crippen molar-refractivity contribution in [3.8, 4) is 11.3 Å². The number of pyridine rings is 1. The van der Waals surface area contributed by atoms with Crippen molar-refractivity contribution in [2.24, 2.45) is 11.8 Å². The zero-order valence-electron chi connectivity index (χ0n) is 36.9. The number of anilines is 3. The lowest BCUT2D eigenvalue weighted by Crippen LogP contribution is -2.49. The van der Waals surface area contributed by atoms with E-state index >= 15 is 0 Å². The van der Waals surface area contributed by atoms with Crippen LogP contribution in [-0.2, 0) is 10.2 Å². The number of hydrogen-bond acceptors (Lipinski definition) is 11. The minimum absolute atomic E-state index is 0.0520. The number of amides is 4. The van der Waals surface area contributed by atoms with Crippen molar-refractivity contribution in [1.29, 1.82) is 0 Å². The second-order valence-corrected chi connectivity index (χ2v) is 18.5. The van der Waals surface area contributed by atoms with Crippen molar-refractivity contribution in [2.45, 2.75) is 71.8 Å². The number of aromatic amines is 1. The topological polar surface area (TPSA) is 169 Å². The summed E-state index contributed by atoms with van der Waals surface area (Å²) >= 11 is 0. The van der Waals surface area contributed by atoms with E-state index in [0.717, 1.165) is 97.1 Å². The smallest absolute Gasteiger partial charge is 0.328 e. The van der Waals surface area contributed by atoms with Gasteiger partial charge in [0, 0.05) is 104 Å². The van der Waals surface area contributed by atoms with E-state index in [1.807, 2.05) is 39.8 Å². The summed E-state index contributed by atoms with van der Waals surface area (Å²) in [7, 11) is 0. The van der Waals surface area contributed by atoms with Gasteiger partial charge in [0.25, 0.3) is 11.7 Å². The number of nitrogens with one attached hydrogen (secondary N) is 3. The van der Waals surface area contributed by atoms with Crippen molar-refractivity contribution in [1.82, 2.24) is 40.9 Å². The fourth-order valence-corrected chi connectivity index (χ4v) is 9.32. The molecule has 3 aromatic heterocycles. The molecule has 0 bridgehead atoms. The molecular formula is C48H57N11O4. The molecule has 4 amide bonds. The number of allylic oxidation sites excluding steroid dienone is 3. The molecule has 3 aliphatic heterocycles. The van der Waals surface area contributed by atoms with Gasteiger partial charge in [0.15, 0.2) is 5.65 Å². The fourth-order valence-electron chi connectivity index (χ4n) is 9.32. The van der Waals surface area contributed by atoms with E-state index in [1.54, 1.807) is 4.90 Å². The van der Waals surface area contributed by atoms with Gasteiger partial charge in [-0.25, -0.2) is 9.78 Å². The van der Waals surface area contributed by atoms with Gasteiger partial charge in [0.2, 0.25) is 11.8 Å². The third kappa shape index (κ3) is 9.10. The molecule has 3 N–H and O–H groups in total. The van der Waals surface area contributed by atoms with Gasteiger partial charge in [-0.1, -0.05) is 55.8 Å². The number of carbonyl (C=O) groups is 3. The Morgan fingerprint density at radius 2 is 1.56 bits per heavy atom. The number of imide groups is 1. The summed E-state index contributed by atoms with van der Waals surface area (Å²) in [4.78, 5) is 55.2. The summed E-state index contributed by atoms with van der Waals surface area (Å²) in [5.74, 6) is 0.737. The largest absolute Gasteiger partial charge is 0.372 e. The van der Waals surface area contributed by atoms with Gasteiger partial charge in [-0.15, -0.1) is 0 Å². The molecule has 0 spiro atoms. The molecule has 63 heavy (non-hydrogen) atoms. The molecule has 0 saturated carbocycles. The number of nitrogens with zero attached hydrogens (tertiary/aromatic N) is 8. The second-order valence-electron chi connectivity index (χ2n) is 18.5. The Bertz CT molecular complexity index is 2540. The Balaban J connectivity index is 0.739. The van der Waals surface area contributed by atoms with Crippen LogP contribution in [0, 0.1) is 11.8 Å². The van der Waals surface area contributed by atoms with E-state index < -0.39 is 0 Å². The monoisotopic (exact) mass is 851 g/mol. The number of benzene rings is 2. The fraction of sp³-hybridized carbons (Fsp3) is 0.438. The molecule has 4 aliphatic rings. The minimum Gasteiger partial charge on any atom is -0.372 e. The van der Waals surface area contributed by atoms with E-state index in [4.69, 9.17) is 14.6 Å². The average molecular weight is 852 g/mol. The average Bonchev–Trinajstić information content (AvgIpc) is 3.96. The number of H-pyrrole nitrogens is 1. The number of fused-ring (bicyclic) bond motifs is 1. The SMILES string of the molecule is CC1=CC(c2n[nH]c3nc(-c4ccc(N5CCN(CC6CCN(c7ccc(N8CCC(=O)NC8=O)cc7)CC6)CC5)cc4)ccc23)=CCC1[C@@H](C)NC(=O)c1noc(C(C)(C)C)n1. The predicted molar refractivity (Wildman–Crippen MR) is 245 cm³/mol. The number of piperazine rings is 1. The lowest BCUT2D eigenvalue weighted by Gasteiger charge is -2.40. The van der Waals surface area contributed by atoms with Crippen LogP contribution in [0.3, 0.4) is 0 Å². The van der Waals surface area contributed by atoms with Gasteiger partial charge in [0.05, 0.1) is 5.69 Å². The van der Waals surface area contributed by atoms with Crippen LogP contribution in [0.4, 0.5) is 21.9 Å². The van der Waals surface area contributed by atoms with Gasteiger partial charge in [-0.05, 0) is 93.1 Å². The van der Waals surface area contributed by atoms with E-state index in [1.165, 1.54) is 24.2 Å². The standard InChI is InChI=1S/C48H57N11O4/c1-30-28-34(8-15-38(30)31(2)49-45(61)44-52-46(63-55-44)48(3,4)5)42-39-16-17-40(50-43(39)54-53-42)33-6-9-35(10-7-33)58-26-24-56(25-27-58)29-32-18-21-57(22-19-32)36-11-13-37(14-12-36)59-23-20-41(60)51-47(59)62/h6-14,16-17,28,31-32,38H,15,18-27,29H2,1-5H3,(H,49,61)(H,50,53,54)(H,51,60,62)/t31-,38?/m1/s1. The number of hydrogen-bond donors (Lipinski definition) is 3. The van der Waals surface area contributed by atoms with Crippen molar-refractivity contribution >= 4 is 51.5 Å². The maximum atomic E-state index is 12.9. The maximum Gasteiger partial charge on any atom is 0.328 e. The summed E-state index contributed by atoms with van der Waals surface area (Å²) in [5.41, 5.74) is 8.68. The molecule has 328 valence electrons. The summed E-state index contributed by atoms with van der Waals surface area (Å²) < 4.78 is 5.32. The molecule has 5 aromatic rings. The first-order chi connectivity index (χ1) is 30.4. The number of rotatable bonds is 10. The minimum atomic E-state index is -0.348. The molecule has 6 heterocycles.